The van der Waals surface area contributed by atoms with Crippen molar-refractivity contribution >= 4 is 17.2 Å². The van der Waals surface area contributed by atoms with Crippen molar-refractivity contribution in [2.75, 3.05) is 0 Å². The smallest absolute Gasteiger partial charge is 0.269 e. The van der Waals surface area contributed by atoms with Gasteiger partial charge >= 0.3 is 0 Å². The highest BCUT2D eigenvalue weighted by Crippen LogP contribution is 2.40. The molecule has 3 rings (SSSR count). The van der Waals surface area contributed by atoms with Crippen LogP contribution in [-0.4, -0.2) is 20.7 Å². The van der Waals surface area contributed by atoms with Crippen molar-refractivity contribution in [3.63, 3.8) is 0 Å². The maximum absolute atomic E-state index is 12.6. The molecular weight excluding hydrogens is 296 g/mol. The highest BCUT2D eigenvalue weighted by atomic mass is 32.1. The minimum atomic E-state index is -0.211. The van der Waals surface area contributed by atoms with Gasteiger partial charge in [0.1, 0.15) is 10.7 Å². The Hall–Kier alpha value is -1.69. The third kappa shape index (κ3) is 3.21. The molecule has 1 aliphatic rings. The second kappa shape index (κ2) is 5.50. The standard InChI is InChI=1S/C16H22N4OS/c1-10-9-22-14(18-10)8-17-15(21)13-7-12(11-5-6-11)19-20(13)16(2,3)4/h7,9,11H,5-6,8H2,1-4H3,(H,17,21). The fourth-order valence-corrected chi connectivity index (χ4v) is 3.09. The van der Waals surface area contributed by atoms with Crippen molar-refractivity contribution in [1.82, 2.24) is 20.1 Å². The number of carbonyl (C=O) groups is 1. The number of aromatic nitrogens is 3. The molecule has 2 aromatic heterocycles. The van der Waals surface area contributed by atoms with Gasteiger partial charge in [-0.15, -0.1) is 11.3 Å². The van der Waals surface area contributed by atoms with Gasteiger partial charge in [0.2, 0.25) is 0 Å². The number of hydrogen-bond acceptors (Lipinski definition) is 4. The number of carbonyl (C=O) groups excluding carboxylic acids is 1. The predicted molar refractivity (Wildman–Crippen MR) is 87.2 cm³/mol. The first-order chi connectivity index (χ1) is 10.3. The molecule has 0 spiro atoms. The van der Waals surface area contributed by atoms with Crippen molar-refractivity contribution in [3.8, 4) is 0 Å². The van der Waals surface area contributed by atoms with Crippen LogP contribution in [0.2, 0.25) is 0 Å². The summed E-state index contributed by atoms with van der Waals surface area (Å²) in [6.45, 7) is 8.62. The van der Waals surface area contributed by atoms with Crippen LogP contribution in [0.4, 0.5) is 0 Å². The Morgan fingerprint density at radius 3 is 2.73 bits per heavy atom. The van der Waals surface area contributed by atoms with Gasteiger partial charge in [-0.1, -0.05) is 0 Å². The summed E-state index contributed by atoms with van der Waals surface area (Å²) in [4.78, 5) is 16.9. The van der Waals surface area contributed by atoms with E-state index in [1.807, 2.05) is 23.1 Å². The average molecular weight is 318 g/mol. The van der Waals surface area contributed by atoms with Crippen LogP contribution in [0.3, 0.4) is 0 Å². The van der Waals surface area contributed by atoms with Gasteiger partial charge < -0.3 is 5.32 Å². The van der Waals surface area contributed by atoms with Crippen LogP contribution in [-0.2, 0) is 12.1 Å². The first-order valence-corrected chi connectivity index (χ1v) is 8.52. The van der Waals surface area contributed by atoms with Gasteiger partial charge in [0.05, 0.1) is 17.8 Å². The molecule has 2 aromatic rings. The zero-order valence-corrected chi connectivity index (χ0v) is 14.3. The minimum Gasteiger partial charge on any atom is -0.344 e. The fraction of sp³-hybridized carbons (Fsp3) is 0.562. The van der Waals surface area contributed by atoms with E-state index in [-0.39, 0.29) is 11.4 Å². The Kier molecular flexibility index (Phi) is 3.80. The lowest BCUT2D eigenvalue weighted by Crippen LogP contribution is -2.32. The number of thiazole rings is 1. The lowest BCUT2D eigenvalue weighted by molar-refractivity contribution is 0.0932. The van der Waals surface area contributed by atoms with Crippen LogP contribution < -0.4 is 5.32 Å². The second-order valence-electron chi connectivity index (χ2n) is 6.88. The molecule has 0 aromatic carbocycles. The Bertz CT molecular complexity index is 691. The van der Waals surface area contributed by atoms with Crippen LogP contribution in [0, 0.1) is 6.92 Å². The minimum absolute atomic E-state index is 0.0813. The van der Waals surface area contributed by atoms with Crippen LogP contribution in [0.25, 0.3) is 0 Å². The molecule has 118 valence electrons. The van der Waals surface area contributed by atoms with Crippen molar-refractivity contribution in [2.45, 2.75) is 58.5 Å². The van der Waals surface area contributed by atoms with Gasteiger partial charge in [0.25, 0.3) is 5.91 Å². The van der Waals surface area contributed by atoms with E-state index < -0.39 is 0 Å². The molecule has 0 atom stereocenters. The van der Waals surface area contributed by atoms with Gasteiger partial charge in [-0.3, -0.25) is 9.48 Å². The van der Waals surface area contributed by atoms with Crippen LogP contribution in [0.15, 0.2) is 11.4 Å². The van der Waals surface area contributed by atoms with Gasteiger partial charge in [-0.2, -0.15) is 5.10 Å². The molecule has 0 bridgehead atoms. The summed E-state index contributed by atoms with van der Waals surface area (Å²) >= 11 is 1.57. The summed E-state index contributed by atoms with van der Waals surface area (Å²) in [6, 6.07) is 1.95. The summed E-state index contributed by atoms with van der Waals surface area (Å²) in [6.07, 6.45) is 2.36. The Morgan fingerprint density at radius 2 is 2.18 bits per heavy atom. The first kappa shape index (κ1) is 15.2. The zero-order chi connectivity index (χ0) is 15.9. The summed E-state index contributed by atoms with van der Waals surface area (Å²) < 4.78 is 1.85. The number of hydrogen-bond donors (Lipinski definition) is 1. The van der Waals surface area contributed by atoms with Gasteiger partial charge in [-0.25, -0.2) is 4.98 Å². The highest BCUT2D eigenvalue weighted by molar-refractivity contribution is 7.09. The van der Waals surface area contributed by atoms with E-state index in [2.05, 4.69) is 36.2 Å². The molecule has 1 amide bonds. The summed E-state index contributed by atoms with van der Waals surface area (Å²) in [5.41, 5.74) is 2.47. The molecule has 0 radical (unpaired) electrons. The van der Waals surface area contributed by atoms with E-state index in [4.69, 9.17) is 0 Å². The zero-order valence-electron chi connectivity index (χ0n) is 13.5. The highest BCUT2D eigenvalue weighted by Gasteiger charge is 2.31. The predicted octanol–water partition coefficient (Wildman–Crippen LogP) is 3.21. The van der Waals surface area contributed by atoms with Crippen molar-refractivity contribution in [1.29, 1.82) is 0 Å². The molecule has 0 aliphatic heterocycles. The molecule has 5 nitrogen and oxygen atoms in total. The van der Waals surface area contributed by atoms with Crippen LogP contribution in [0.1, 0.15) is 66.4 Å². The number of nitrogens with one attached hydrogen (secondary N) is 1. The van der Waals surface area contributed by atoms with E-state index in [1.165, 1.54) is 12.8 Å². The molecule has 1 fully saturated rings. The quantitative estimate of drug-likeness (QED) is 0.941. The Balaban J connectivity index is 1.78. The molecule has 1 aliphatic carbocycles. The lowest BCUT2D eigenvalue weighted by Gasteiger charge is -2.22. The summed E-state index contributed by atoms with van der Waals surface area (Å²) in [5.74, 6) is 0.457. The maximum Gasteiger partial charge on any atom is 0.269 e. The Labute approximate surface area is 134 Å². The topological polar surface area (TPSA) is 59.8 Å². The number of nitrogens with zero attached hydrogens (tertiary/aromatic N) is 3. The lowest BCUT2D eigenvalue weighted by atomic mass is 10.1. The van der Waals surface area contributed by atoms with Crippen molar-refractivity contribution in [2.24, 2.45) is 0 Å². The van der Waals surface area contributed by atoms with E-state index in [0.717, 1.165) is 16.4 Å². The third-order valence-corrected chi connectivity index (χ3v) is 4.63. The molecule has 2 heterocycles. The van der Waals surface area contributed by atoms with Gasteiger partial charge in [0, 0.05) is 17.0 Å². The molecule has 0 saturated heterocycles. The molecule has 0 unspecified atom stereocenters. The van der Waals surface area contributed by atoms with E-state index in [9.17, 15) is 4.79 Å². The van der Waals surface area contributed by atoms with Crippen LogP contribution >= 0.6 is 11.3 Å². The monoisotopic (exact) mass is 318 g/mol. The average Bonchev–Trinajstić information content (AvgIpc) is 3.04. The third-order valence-electron chi connectivity index (χ3n) is 3.66. The van der Waals surface area contributed by atoms with E-state index in [1.54, 1.807) is 11.3 Å². The van der Waals surface area contributed by atoms with Crippen molar-refractivity contribution in [3.05, 3.63) is 33.5 Å². The molecule has 22 heavy (non-hydrogen) atoms. The van der Waals surface area contributed by atoms with Gasteiger partial charge in [-0.05, 0) is 46.6 Å². The fourth-order valence-electron chi connectivity index (χ4n) is 2.38. The summed E-state index contributed by atoms with van der Waals surface area (Å²) in [7, 11) is 0. The molecule has 6 heteroatoms. The molecular formula is C16H22N4OS. The number of aryl methyl sites for hydroxylation is 1. The first-order valence-electron chi connectivity index (χ1n) is 7.64. The maximum atomic E-state index is 12.6. The van der Waals surface area contributed by atoms with Crippen molar-refractivity contribution < 1.29 is 4.79 Å². The van der Waals surface area contributed by atoms with E-state index >= 15 is 0 Å². The Morgan fingerprint density at radius 1 is 1.45 bits per heavy atom. The second-order valence-corrected chi connectivity index (χ2v) is 7.82. The van der Waals surface area contributed by atoms with Gasteiger partial charge in [0.15, 0.2) is 0 Å². The van der Waals surface area contributed by atoms with Crippen LogP contribution in [0.5, 0.6) is 0 Å². The SMILES string of the molecule is Cc1csc(CNC(=O)c2cc(C3CC3)nn2C(C)(C)C)n1. The normalized spacial score (nSPS) is 15.1. The van der Waals surface area contributed by atoms with E-state index in [0.29, 0.717) is 18.2 Å². The molecule has 1 N–H and O–H groups in total. The number of rotatable bonds is 4. The molecule has 1 saturated carbocycles. The summed E-state index contributed by atoms with van der Waals surface area (Å²) in [5, 5.41) is 10.5. The number of amides is 1. The largest absolute Gasteiger partial charge is 0.344 e.